The fourth-order valence-electron chi connectivity index (χ4n) is 2.15. The van der Waals surface area contributed by atoms with Crippen LogP contribution in [0.5, 0.6) is 0 Å². The standard InChI is InChI=1S/C13H15ClFNO3/c14-11-3-1-2-9(13(11)15)7-16-4-5-19-10(8-16)6-12(17)18/h1-3,10H,4-8H2,(H,17,18). The average Bonchev–Trinajstić information content (AvgIpc) is 2.35. The third kappa shape index (κ3) is 3.89. The number of carboxylic acids is 1. The van der Waals surface area contributed by atoms with Gasteiger partial charge in [-0.3, -0.25) is 9.69 Å². The van der Waals surface area contributed by atoms with Crippen molar-refractivity contribution in [3.8, 4) is 0 Å². The van der Waals surface area contributed by atoms with Crippen LogP contribution in [0.1, 0.15) is 12.0 Å². The van der Waals surface area contributed by atoms with Gasteiger partial charge in [0, 0.05) is 25.2 Å². The van der Waals surface area contributed by atoms with E-state index in [9.17, 15) is 9.18 Å². The molecule has 1 unspecified atom stereocenters. The van der Waals surface area contributed by atoms with Crippen LogP contribution in [0.3, 0.4) is 0 Å². The molecule has 1 aromatic rings. The minimum atomic E-state index is -0.888. The molecule has 0 bridgehead atoms. The van der Waals surface area contributed by atoms with Crippen LogP contribution in [-0.2, 0) is 16.1 Å². The van der Waals surface area contributed by atoms with E-state index in [4.69, 9.17) is 21.4 Å². The van der Waals surface area contributed by atoms with Gasteiger partial charge in [0.05, 0.1) is 24.2 Å². The highest BCUT2D eigenvalue weighted by Crippen LogP contribution is 2.20. The van der Waals surface area contributed by atoms with Crippen LogP contribution in [0.15, 0.2) is 18.2 Å². The Bertz CT molecular complexity index is 469. The molecule has 4 nitrogen and oxygen atoms in total. The monoisotopic (exact) mass is 287 g/mol. The van der Waals surface area contributed by atoms with Crippen LogP contribution < -0.4 is 0 Å². The van der Waals surface area contributed by atoms with Gasteiger partial charge in [-0.1, -0.05) is 23.7 Å². The first-order chi connectivity index (χ1) is 9.06. The molecule has 1 heterocycles. The molecule has 2 rings (SSSR count). The van der Waals surface area contributed by atoms with Crippen LogP contribution in [-0.4, -0.2) is 41.8 Å². The molecule has 19 heavy (non-hydrogen) atoms. The first kappa shape index (κ1) is 14.2. The number of hydrogen-bond donors (Lipinski definition) is 1. The van der Waals surface area contributed by atoms with E-state index in [1.54, 1.807) is 12.1 Å². The largest absolute Gasteiger partial charge is 0.481 e. The first-order valence-electron chi connectivity index (χ1n) is 6.05. The van der Waals surface area contributed by atoms with Crippen molar-refractivity contribution in [1.29, 1.82) is 0 Å². The molecule has 6 heteroatoms. The summed E-state index contributed by atoms with van der Waals surface area (Å²) in [4.78, 5) is 12.6. The number of nitrogens with zero attached hydrogens (tertiary/aromatic N) is 1. The second kappa shape index (κ2) is 6.32. The highest BCUT2D eigenvalue weighted by molar-refractivity contribution is 6.30. The van der Waals surface area contributed by atoms with E-state index < -0.39 is 11.8 Å². The summed E-state index contributed by atoms with van der Waals surface area (Å²) in [5, 5.41) is 8.85. The number of carbonyl (C=O) groups is 1. The van der Waals surface area contributed by atoms with Crippen LogP contribution in [0.2, 0.25) is 5.02 Å². The van der Waals surface area contributed by atoms with Gasteiger partial charge in [0.1, 0.15) is 5.82 Å². The van der Waals surface area contributed by atoms with Gasteiger partial charge in [-0.15, -0.1) is 0 Å². The molecule has 0 radical (unpaired) electrons. The van der Waals surface area contributed by atoms with E-state index in [1.165, 1.54) is 6.07 Å². The van der Waals surface area contributed by atoms with Crippen LogP contribution in [0.25, 0.3) is 0 Å². The molecule has 0 spiro atoms. The van der Waals surface area contributed by atoms with Gasteiger partial charge < -0.3 is 9.84 Å². The lowest BCUT2D eigenvalue weighted by atomic mass is 10.1. The molecule has 0 saturated carbocycles. The molecule has 1 fully saturated rings. The minimum absolute atomic E-state index is 0.0332. The molecule has 0 aromatic heterocycles. The van der Waals surface area contributed by atoms with E-state index in [1.807, 2.05) is 4.90 Å². The van der Waals surface area contributed by atoms with Crippen molar-refractivity contribution in [1.82, 2.24) is 4.90 Å². The Kier molecular flexibility index (Phi) is 4.74. The minimum Gasteiger partial charge on any atom is -0.481 e. The third-order valence-electron chi connectivity index (χ3n) is 3.05. The van der Waals surface area contributed by atoms with E-state index in [0.29, 0.717) is 31.8 Å². The number of hydrogen-bond acceptors (Lipinski definition) is 3. The van der Waals surface area contributed by atoms with Crippen molar-refractivity contribution in [2.75, 3.05) is 19.7 Å². The number of aliphatic carboxylic acids is 1. The molecule has 0 amide bonds. The second-order valence-electron chi connectivity index (χ2n) is 4.54. The summed E-state index contributed by atoms with van der Waals surface area (Å²) in [6.07, 6.45) is -0.373. The number of halogens is 2. The summed E-state index contributed by atoms with van der Waals surface area (Å²) in [5.41, 5.74) is 0.517. The van der Waals surface area contributed by atoms with Crippen molar-refractivity contribution >= 4 is 17.6 Å². The van der Waals surface area contributed by atoms with E-state index in [0.717, 1.165) is 0 Å². The van der Waals surface area contributed by atoms with Crippen molar-refractivity contribution in [3.05, 3.63) is 34.6 Å². The molecule has 1 aliphatic rings. The lowest BCUT2D eigenvalue weighted by Gasteiger charge is -2.32. The summed E-state index contributed by atoms with van der Waals surface area (Å²) in [6.45, 7) is 2.01. The van der Waals surface area contributed by atoms with Crippen molar-refractivity contribution in [2.45, 2.75) is 19.1 Å². The molecule has 1 saturated heterocycles. The van der Waals surface area contributed by atoms with Gasteiger partial charge in [-0.05, 0) is 6.07 Å². The summed E-state index contributed by atoms with van der Waals surface area (Å²) in [7, 11) is 0. The maximum absolute atomic E-state index is 13.8. The fraction of sp³-hybridized carbons (Fsp3) is 0.462. The summed E-state index contributed by atoms with van der Waals surface area (Å²) in [6, 6.07) is 4.89. The number of ether oxygens (including phenoxy) is 1. The lowest BCUT2D eigenvalue weighted by Crippen LogP contribution is -2.42. The zero-order valence-electron chi connectivity index (χ0n) is 10.3. The summed E-state index contributed by atoms with van der Waals surface area (Å²) >= 11 is 5.73. The highest BCUT2D eigenvalue weighted by atomic mass is 35.5. The second-order valence-corrected chi connectivity index (χ2v) is 4.95. The fourth-order valence-corrected chi connectivity index (χ4v) is 2.35. The van der Waals surface area contributed by atoms with Crippen molar-refractivity contribution in [2.24, 2.45) is 0 Å². The topological polar surface area (TPSA) is 49.8 Å². The Morgan fingerprint density at radius 1 is 1.58 bits per heavy atom. The van der Waals surface area contributed by atoms with Gasteiger partial charge in [0.2, 0.25) is 0 Å². The Hall–Kier alpha value is -1.17. The molecule has 1 aliphatic heterocycles. The highest BCUT2D eigenvalue weighted by Gasteiger charge is 2.23. The van der Waals surface area contributed by atoms with Gasteiger partial charge in [-0.25, -0.2) is 4.39 Å². The lowest BCUT2D eigenvalue weighted by molar-refractivity contribution is -0.142. The van der Waals surface area contributed by atoms with Gasteiger partial charge in [0.25, 0.3) is 0 Å². The van der Waals surface area contributed by atoms with E-state index in [-0.39, 0.29) is 17.5 Å². The molecule has 1 N–H and O–H groups in total. The van der Waals surface area contributed by atoms with E-state index >= 15 is 0 Å². The van der Waals surface area contributed by atoms with Crippen LogP contribution in [0, 0.1) is 5.82 Å². The Labute approximate surface area is 115 Å². The normalized spacial score (nSPS) is 20.4. The smallest absolute Gasteiger partial charge is 0.306 e. The molecule has 104 valence electrons. The van der Waals surface area contributed by atoms with Crippen LogP contribution in [0.4, 0.5) is 4.39 Å². The van der Waals surface area contributed by atoms with Crippen molar-refractivity contribution < 1.29 is 19.0 Å². The maximum atomic E-state index is 13.8. The molecule has 0 aliphatic carbocycles. The molecular weight excluding hydrogens is 273 g/mol. The maximum Gasteiger partial charge on any atom is 0.306 e. The summed E-state index contributed by atoms with van der Waals surface area (Å²) < 4.78 is 19.1. The molecule has 1 aromatic carbocycles. The zero-order chi connectivity index (χ0) is 13.8. The van der Waals surface area contributed by atoms with Crippen LogP contribution >= 0.6 is 11.6 Å². The Morgan fingerprint density at radius 2 is 2.37 bits per heavy atom. The first-order valence-corrected chi connectivity index (χ1v) is 6.42. The summed E-state index contributed by atoms with van der Waals surface area (Å²) in [5.74, 6) is -1.30. The number of morpholine rings is 1. The van der Waals surface area contributed by atoms with Crippen molar-refractivity contribution in [3.63, 3.8) is 0 Å². The third-order valence-corrected chi connectivity index (χ3v) is 3.34. The van der Waals surface area contributed by atoms with Gasteiger partial charge in [0.15, 0.2) is 0 Å². The van der Waals surface area contributed by atoms with Gasteiger partial charge >= 0.3 is 5.97 Å². The van der Waals surface area contributed by atoms with Gasteiger partial charge in [-0.2, -0.15) is 0 Å². The number of benzene rings is 1. The predicted octanol–water partition coefficient (Wildman–Crippen LogP) is 2.15. The predicted molar refractivity (Wildman–Crippen MR) is 68.7 cm³/mol. The Balaban J connectivity index is 1.98. The quantitative estimate of drug-likeness (QED) is 0.922. The van der Waals surface area contributed by atoms with E-state index in [2.05, 4.69) is 0 Å². The number of carboxylic acid groups (broad SMARTS) is 1. The number of rotatable bonds is 4. The zero-order valence-corrected chi connectivity index (χ0v) is 11.1. The SMILES string of the molecule is O=C(O)CC1CN(Cc2cccc(Cl)c2F)CCO1. The Morgan fingerprint density at radius 3 is 3.11 bits per heavy atom. The average molecular weight is 288 g/mol. The molecule has 1 atom stereocenters. The molecular formula is C13H15ClFNO3.